The van der Waals surface area contributed by atoms with Crippen molar-refractivity contribution < 1.29 is 0 Å². The number of hydrogen-bond donors (Lipinski definition) is 0. The van der Waals surface area contributed by atoms with E-state index in [9.17, 15) is 0 Å². The Kier molecular flexibility index (Phi) is 10.9. The molecule has 0 aliphatic heterocycles. The quantitative estimate of drug-likeness (QED) is 0.231. The maximum Gasteiger partial charge on any atom is 0.0123 e. The monoisotopic (exact) mass is 927 g/mol. The first-order valence-electron chi connectivity index (χ1n) is 29.1. The van der Waals surface area contributed by atoms with E-state index >= 15 is 0 Å². The van der Waals surface area contributed by atoms with Gasteiger partial charge < -0.3 is 0 Å². The van der Waals surface area contributed by atoms with Crippen molar-refractivity contribution in [3.05, 3.63) is 218 Å². The Hall–Kier alpha value is -5.20. The van der Waals surface area contributed by atoms with Gasteiger partial charge in [0.25, 0.3) is 0 Å². The molecular weight excluding hydrogens is 853 g/mol. The summed E-state index contributed by atoms with van der Waals surface area (Å²) in [4.78, 5) is 0. The molecule has 12 aliphatic carbocycles. The molecule has 15 unspecified atom stereocenters. The zero-order valence-electron chi connectivity index (χ0n) is 42.1. The minimum atomic E-state index is 0.475. The van der Waals surface area contributed by atoms with Gasteiger partial charge in [0.15, 0.2) is 0 Å². The second-order valence-corrected chi connectivity index (χ2v) is 24.8. The molecular formula is C71H74. The largest absolute Gasteiger partial charge is 0.0839 e. The van der Waals surface area contributed by atoms with Gasteiger partial charge in [0.2, 0.25) is 0 Å². The molecule has 3 aromatic carbocycles. The van der Waals surface area contributed by atoms with Crippen molar-refractivity contribution in [2.45, 2.75) is 109 Å². The Labute approximate surface area is 425 Å². The number of hydrogen-bond acceptors (Lipinski definition) is 0. The van der Waals surface area contributed by atoms with Gasteiger partial charge in [-0.1, -0.05) is 164 Å². The van der Waals surface area contributed by atoms with Crippen LogP contribution in [0.1, 0.15) is 120 Å². The minimum Gasteiger partial charge on any atom is -0.0839 e. The summed E-state index contributed by atoms with van der Waals surface area (Å²) in [5, 5.41) is 2.98. The molecule has 15 rings (SSSR count). The van der Waals surface area contributed by atoms with Gasteiger partial charge in [-0.15, -0.1) is 0 Å². The Bertz CT molecular complexity index is 3080. The van der Waals surface area contributed by atoms with Crippen LogP contribution in [-0.4, -0.2) is 0 Å². The van der Waals surface area contributed by atoms with E-state index in [-0.39, 0.29) is 0 Å². The first kappa shape index (κ1) is 43.4. The second kappa shape index (κ2) is 17.8. The van der Waals surface area contributed by atoms with Gasteiger partial charge in [-0.05, 0) is 257 Å². The molecule has 0 heteroatoms. The molecule has 3 aromatic rings. The molecule has 5 fully saturated rings. The third-order valence-electron chi connectivity index (χ3n) is 21.9. The summed E-state index contributed by atoms with van der Waals surface area (Å²) in [5.41, 5.74) is 17.7. The lowest BCUT2D eigenvalue weighted by atomic mass is 9.44. The average Bonchev–Trinajstić information content (AvgIpc) is 3.60. The van der Waals surface area contributed by atoms with Crippen LogP contribution in [0.2, 0.25) is 0 Å². The molecule has 0 heterocycles. The maximum atomic E-state index is 3.09. The van der Waals surface area contributed by atoms with Crippen molar-refractivity contribution in [1.82, 2.24) is 0 Å². The van der Waals surface area contributed by atoms with Gasteiger partial charge >= 0.3 is 0 Å². The van der Waals surface area contributed by atoms with E-state index in [0.29, 0.717) is 35.5 Å². The highest BCUT2D eigenvalue weighted by molar-refractivity contribution is 5.99. The summed E-state index contributed by atoms with van der Waals surface area (Å²) < 4.78 is 0. The van der Waals surface area contributed by atoms with E-state index < -0.39 is 0 Å². The summed E-state index contributed by atoms with van der Waals surface area (Å²) in [6.45, 7) is 0. The molecule has 358 valence electrons. The summed E-state index contributed by atoms with van der Waals surface area (Å²) in [6, 6.07) is 33.1. The fraction of sp³-hybridized carbons (Fsp3) is 0.437. The lowest BCUT2D eigenvalue weighted by Gasteiger charge is -2.61. The van der Waals surface area contributed by atoms with E-state index in [1.807, 2.05) is 0 Å². The Balaban J connectivity index is 0.859. The predicted molar refractivity (Wildman–Crippen MR) is 295 cm³/mol. The summed E-state index contributed by atoms with van der Waals surface area (Å²) in [5.74, 6) is 11.6. The van der Waals surface area contributed by atoms with Crippen LogP contribution in [0.4, 0.5) is 0 Å². The van der Waals surface area contributed by atoms with E-state index in [1.54, 1.807) is 50.1 Å². The normalized spacial score (nSPS) is 38.3. The van der Waals surface area contributed by atoms with Gasteiger partial charge in [0.1, 0.15) is 0 Å². The molecule has 0 N–H and O–H groups in total. The van der Waals surface area contributed by atoms with Gasteiger partial charge in [-0.2, -0.15) is 0 Å². The van der Waals surface area contributed by atoms with E-state index in [0.717, 1.165) is 66.1 Å². The molecule has 5 saturated carbocycles. The van der Waals surface area contributed by atoms with Gasteiger partial charge in [0, 0.05) is 5.92 Å². The lowest BCUT2D eigenvalue weighted by Crippen LogP contribution is -2.54. The van der Waals surface area contributed by atoms with Crippen LogP contribution in [-0.2, 0) is 0 Å². The Morgan fingerprint density at radius 1 is 0.549 bits per heavy atom. The van der Waals surface area contributed by atoms with Crippen LogP contribution < -0.4 is 10.4 Å². The molecule has 0 bridgehead atoms. The van der Waals surface area contributed by atoms with E-state index in [4.69, 9.17) is 0 Å². The highest BCUT2D eigenvalue weighted by atomic mass is 14.7. The summed E-state index contributed by atoms with van der Waals surface area (Å²) >= 11 is 0. The predicted octanol–water partition coefficient (Wildman–Crippen LogP) is 16.1. The van der Waals surface area contributed by atoms with Gasteiger partial charge in [-0.3, -0.25) is 0 Å². The van der Waals surface area contributed by atoms with Crippen molar-refractivity contribution in [3.8, 4) is 0 Å². The number of rotatable bonds is 6. The van der Waals surface area contributed by atoms with Crippen LogP contribution in [0.25, 0.3) is 17.2 Å². The highest BCUT2D eigenvalue weighted by Crippen LogP contribution is 2.72. The van der Waals surface area contributed by atoms with E-state index in [1.165, 1.54) is 111 Å². The summed E-state index contributed by atoms with van der Waals surface area (Å²) in [6.07, 6.45) is 54.4. The third-order valence-corrected chi connectivity index (χ3v) is 21.9. The summed E-state index contributed by atoms with van der Waals surface area (Å²) in [7, 11) is 0. The Morgan fingerprint density at radius 3 is 2.21 bits per heavy atom. The van der Waals surface area contributed by atoms with E-state index in [2.05, 4.69) is 164 Å². The number of allylic oxidation sites excluding steroid dienone is 20. The SMILES string of the molecule is C1=CCC(C2=CCCC=C2)C(C2=CC3=C(C4=CCCC=C4)C4=CC5C(CC4C(c4ccccc4)C3CC2)C2CCC3CCC4CC(C6=c7ccccc7=CCC=C6c6ccccc6)CC6CC5C2C3C46)=C1. The molecule has 71 heavy (non-hydrogen) atoms. The van der Waals surface area contributed by atoms with Crippen molar-refractivity contribution in [1.29, 1.82) is 0 Å². The number of fused-ring (bicyclic) bond motifs is 6. The van der Waals surface area contributed by atoms with Crippen LogP contribution in [0, 0.1) is 82.9 Å². The van der Waals surface area contributed by atoms with Crippen LogP contribution in [0.5, 0.6) is 0 Å². The topological polar surface area (TPSA) is 0 Å². The highest BCUT2D eigenvalue weighted by Gasteiger charge is 2.65. The minimum absolute atomic E-state index is 0.475. The van der Waals surface area contributed by atoms with Crippen LogP contribution >= 0.6 is 0 Å². The zero-order valence-corrected chi connectivity index (χ0v) is 42.1. The first-order chi connectivity index (χ1) is 35.2. The fourth-order valence-electron chi connectivity index (χ4n) is 19.6. The molecule has 0 radical (unpaired) electrons. The van der Waals surface area contributed by atoms with Crippen molar-refractivity contribution in [2.24, 2.45) is 82.9 Å². The smallest absolute Gasteiger partial charge is 0.0123 e. The lowest BCUT2D eigenvalue weighted by molar-refractivity contribution is -0.114. The molecule has 12 aliphatic rings. The maximum absolute atomic E-state index is 3.09. The van der Waals surface area contributed by atoms with Gasteiger partial charge in [0.05, 0.1) is 0 Å². The van der Waals surface area contributed by atoms with Crippen LogP contribution in [0.3, 0.4) is 0 Å². The third kappa shape index (κ3) is 7.09. The fourth-order valence-corrected chi connectivity index (χ4v) is 19.6. The van der Waals surface area contributed by atoms with Crippen LogP contribution in [0.15, 0.2) is 197 Å². The zero-order chi connectivity index (χ0) is 46.6. The molecule has 15 atom stereocenters. The van der Waals surface area contributed by atoms with Gasteiger partial charge in [-0.25, -0.2) is 0 Å². The van der Waals surface area contributed by atoms with Crippen molar-refractivity contribution in [2.75, 3.05) is 0 Å². The van der Waals surface area contributed by atoms with Crippen molar-refractivity contribution in [3.63, 3.8) is 0 Å². The first-order valence-corrected chi connectivity index (χ1v) is 29.1. The molecule has 0 saturated heterocycles. The average molecular weight is 927 g/mol. The standard InChI is InChI=1S/C71H74/c1-5-18-44(19-6-1)54-28-15-16-29-55(54)50-35-37-59-62(40-50)68(48-25-11-4-12-26-48)65-43-61-60(42-64(65)67(59)47-23-9-3-10-24-47)58-36-34-49-32-33-51-38-52(39-53-41-63(61)71(58)70(49)66(51)53)69-56-30-14-13-22-46(56)27-17-31-57(69)45-20-7-2-8-21-45/h2-3,5,7-11,13-16,18-27,29-31,40,43,49,51-54,58-61,63-64,66-67,70-71H,1,4,6,12,17,28,32-39,41-42H2. The molecule has 0 aromatic heterocycles. The number of benzene rings is 3. The molecule has 0 spiro atoms. The van der Waals surface area contributed by atoms with Crippen molar-refractivity contribution >= 4 is 17.2 Å². The Morgan fingerprint density at radius 2 is 1.35 bits per heavy atom. The second-order valence-electron chi connectivity index (χ2n) is 24.8. The molecule has 0 nitrogen and oxygen atoms in total. The molecule has 0 amide bonds.